The van der Waals surface area contributed by atoms with Gasteiger partial charge in [0, 0.05) is 25.2 Å². The number of hydrogen-bond donors (Lipinski definition) is 0. The standard InChI is InChI=1S/C28H29ClF4OS2/c1-2-3-9-34-10-8-17-15-35-28(36-16-17)19-5-7-21(24(31)12-19)18-4-6-22(23(30)11-18)20-13-25(32)27(29)26(33)14-20/h4-7,12-14,17,23,28H,2-3,8-11,15-16H2,1H3. The first-order chi connectivity index (χ1) is 17.4. The van der Waals surface area contributed by atoms with E-state index in [0.717, 1.165) is 61.7 Å². The molecule has 1 fully saturated rings. The summed E-state index contributed by atoms with van der Waals surface area (Å²) in [5.41, 5.74) is 2.01. The van der Waals surface area contributed by atoms with Gasteiger partial charge in [0.1, 0.15) is 28.6 Å². The van der Waals surface area contributed by atoms with Crippen molar-refractivity contribution in [3.8, 4) is 0 Å². The van der Waals surface area contributed by atoms with Crippen molar-refractivity contribution in [2.45, 2.75) is 43.4 Å². The molecule has 4 rings (SSSR count). The summed E-state index contributed by atoms with van der Waals surface area (Å²) in [6, 6.07) is 7.20. The molecule has 1 aliphatic heterocycles. The van der Waals surface area contributed by atoms with E-state index in [4.69, 9.17) is 16.3 Å². The maximum atomic E-state index is 15.1. The van der Waals surface area contributed by atoms with Crippen LogP contribution in [0, 0.1) is 23.4 Å². The topological polar surface area (TPSA) is 9.23 Å². The SMILES string of the molecule is CCCCOCCC1CSC(c2ccc(C3=CC=C(c4cc(F)c(Cl)c(F)c4)C(F)C3)c(F)c2)SC1. The highest BCUT2D eigenvalue weighted by Gasteiger charge is 2.26. The molecule has 0 saturated carbocycles. The molecule has 2 aromatic rings. The van der Waals surface area contributed by atoms with E-state index in [1.165, 1.54) is 6.08 Å². The molecule has 1 saturated heterocycles. The van der Waals surface area contributed by atoms with Crippen LogP contribution in [0.3, 0.4) is 0 Å². The van der Waals surface area contributed by atoms with Gasteiger partial charge in [0.2, 0.25) is 0 Å². The number of hydrogen-bond acceptors (Lipinski definition) is 3. The first-order valence-corrected chi connectivity index (χ1v) is 14.7. The molecule has 8 heteroatoms. The van der Waals surface area contributed by atoms with Crippen molar-refractivity contribution in [2.24, 2.45) is 5.92 Å². The highest BCUT2D eigenvalue weighted by atomic mass is 35.5. The number of allylic oxidation sites excluding steroid dienone is 4. The van der Waals surface area contributed by atoms with Crippen molar-refractivity contribution in [1.82, 2.24) is 0 Å². The zero-order chi connectivity index (χ0) is 25.7. The van der Waals surface area contributed by atoms with Gasteiger partial charge < -0.3 is 4.74 Å². The van der Waals surface area contributed by atoms with Gasteiger partial charge in [0.05, 0.1) is 4.58 Å². The van der Waals surface area contributed by atoms with Crippen molar-refractivity contribution in [2.75, 3.05) is 24.7 Å². The van der Waals surface area contributed by atoms with Gasteiger partial charge in [0.15, 0.2) is 0 Å². The number of alkyl halides is 1. The Morgan fingerprint density at radius 2 is 1.69 bits per heavy atom. The molecule has 2 aromatic carbocycles. The van der Waals surface area contributed by atoms with E-state index >= 15 is 4.39 Å². The molecule has 1 unspecified atom stereocenters. The van der Waals surface area contributed by atoms with Crippen molar-refractivity contribution in [1.29, 1.82) is 0 Å². The molecule has 1 aliphatic carbocycles. The Morgan fingerprint density at radius 3 is 2.33 bits per heavy atom. The summed E-state index contributed by atoms with van der Waals surface area (Å²) < 4.78 is 63.6. The summed E-state index contributed by atoms with van der Waals surface area (Å²) in [5.74, 6) is 0.361. The van der Waals surface area contributed by atoms with Crippen molar-refractivity contribution >= 4 is 46.3 Å². The van der Waals surface area contributed by atoms with E-state index in [-0.39, 0.29) is 28.0 Å². The van der Waals surface area contributed by atoms with Crippen molar-refractivity contribution in [3.63, 3.8) is 0 Å². The number of thioether (sulfide) groups is 2. The fourth-order valence-corrected chi connectivity index (χ4v) is 7.56. The quantitative estimate of drug-likeness (QED) is 0.173. The maximum Gasteiger partial charge on any atom is 0.145 e. The molecule has 36 heavy (non-hydrogen) atoms. The number of rotatable bonds is 9. The molecule has 0 N–H and O–H groups in total. The van der Waals surface area contributed by atoms with Gasteiger partial charge in [-0.2, -0.15) is 0 Å². The van der Waals surface area contributed by atoms with E-state index in [1.807, 2.05) is 29.6 Å². The molecule has 0 amide bonds. The van der Waals surface area contributed by atoms with E-state index in [0.29, 0.717) is 17.1 Å². The zero-order valence-corrected chi connectivity index (χ0v) is 22.4. The minimum Gasteiger partial charge on any atom is -0.381 e. The Kier molecular flexibility index (Phi) is 9.90. The predicted octanol–water partition coefficient (Wildman–Crippen LogP) is 9.27. The van der Waals surface area contributed by atoms with Crippen LogP contribution >= 0.6 is 35.1 Å². The Hall–Kier alpha value is -1.41. The fourth-order valence-electron chi connectivity index (χ4n) is 4.30. The fraction of sp³-hybridized carbons (Fsp3) is 0.429. The molecule has 1 atom stereocenters. The second-order valence-corrected chi connectivity index (χ2v) is 12.1. The largest absolute Gasteiger partial charge is 0.381 e. The first-order valence-electron chi connectivity index (χ1n) is 12.2. The third-order valence-electron chi connectivity index (χ3n) is 6.41. The molecular formula is C28H29ClF4OS2. The van der Waals surface area contributed by atoms with Crippen molar-refractivity contribution in [3.05, 3.63) is 81.6 Å². The zero-order valence-electron chi connectivity index (χ0n) is 20.0. The summed E-state index contributed by atoms with van der Waals surface area (Å²) in [6.45, 7) is 3.77. The van der Waals surface area contributed by atoms with E-state index in [1.54, 1.807) is 18.2 Å². The lowest BCUT2D eigenvalue weighted by molar-refractivity contribution is 0.121. The van der Waals surface area contributed by atoms with Crippen LogP contribution in [0.5, 0.6) is 0 Å². The van der Waals surface area contributed by atoms with Crippen LogP contribution in [-0.4, -0.2) is 30.9 Å². The van der Waals surface area contributed by atoms with Gasteiger partial charge in [-0.15, -0.1) is 23.5 Å². The Bertz CT molecular complexity index is 1110. The first kappa shape index (κ1) is 27.6. The van der Waals surface area contributed by atoms with Crippen LogP contribution < -0.4 is 0 Å². The normalized spacial score (nSPS) is 22.3. The highest BCUT2D eigenvalue weighted by molar-refractivity contribution is 8.16. The van der Waals surface area contributed by atoms with E-state index in [9.17, 15) is 13.2 Å². The monoisotopic (exact) mass is 556 g/mol. The van der Waals surface area contributed by atoms with Crippen LogP contribution in [-0.2, 0) is 4.74 Å². The summed E-state index contributed by atoms with van der Waals surface area (Å²) in [4.78, 5) is 0. The lowest BCUT2D eigenvalue weighted by Gasteiger charge is -2.28. The van der Waals surface area contributed by atoms with Gasteiger partial charge in [0.25, 0.3) is 0 Å². The van der Waals surface area contributed by atoms with Gasteiger partial charge in [-0.3, -0.25) is 0 Å². The van der Waals surface area contributed by atoms with Crippen molar-refractivity contribution < 1.29 is 22.3 Å². The predicted molar refractivity (Wildman–Crippen MR) is 145 cm³/mol. The number of unbranched alkanes of at least 4 members (excludes halogenated alkanes) is 1. The molecule has 194 valence electrons. The summed E-state index contributed by atoms with van der Waals surface area (Å²) in [5, 5.41) is -0.620. The van der Waals surface area contributed by atoms with E-state index in [2.05, 4.69) is 6.92 Å². The highest BCUT2D eigenvalue weighted by Crippen LogP contribution is 2.47. The van der Waals surface area contributed by atoms with Gasteiger partial charge >= 0.3 is 0 Å². The number of benzene rings is 2. The molecule has 0 aromatic heterocycles. The van der Waals surface area contributed by atoms with Crippen LogP contribution in [0.1, 0.15) is 53.9 Å². The third kappa shape index (κ3) is 6.72. The van der Waals surface area contributed by atoms with Crippen LogP contribution in [0.25, 0.3) is 11.1 Å². The second-order valence-electron chi connectivity index (χ2n) is 9.10. The molecule has 0 radical (unpaired) electrons. The van der Waals surface area contributed by atoms with Crippen LogP contribution in [0.4, 0.5) is 17.6 Å². The van der Waals surface area contributed by atoms with Crippen LogP contribution in [0.2, 0.25) is 5.02 Å². The Labute approximate surface area is 223 Å². The third-order valence-corrected chi connectivity index (χ3v) is 10.1. The van der Waals surface area contributed by atoms with Gasteiger partial charge in [-0.05, 0) is 70.7 Å². The average molecular weight is 557 g/mol. The van der Waals surface area contributed by atoms with Gasteiger partial charge in [-0.25, -0.2) is 17.6 Å². The molecule has 1 nitrogen and oxygen atoms in total. The number of halogens is 5. The van der Waals surface area contributed by atoms with E-state index < -0.39 is 22.8 Å². The summed E-state index contributed by atoms with van der Waals surface area (Å²) in [6.07, 6.45) is 4.76. The molecule has 1 heterocycles. The smallest absolute Gasteiger partial charge is 0.145 e. The van der Waals surface area contributed by atoms with Crippen LogP contribution in [0.15, 0.2) is 42.5 Å². The Balaban J connectivity index is 1.39. The molecule has 0 spiro atoms. The lowest BCUT2D eigenvalue weighted by atomic mass is 9.88. The van der Waals surface area contributed by atoms with Gasteiger partial charge in [-0.1, -0.05) is 49.2 Å². The molecule has 2 aliphatic rings. The average Bonchev–Trinajstić information content (AvgIpc) is 2.87. The summed E-state index contributed by atoms with van der Waals surface area (Å²) in [7, 11) is 0. The molecular weight excluding hydrogens is 528 g/mol. The Morgan fingerprint density at radius 1 is 0.972 bits per heavy atom. The minimum atomic E-state index is -1.52. The second kappa shape index (κ2) is 12.9. The number of ether oxygens (including phenoxy) is 1. The lowest BCUT2D eigenvalue weighted by Crippen LogP contribution is -2.16. The summed E-state index contributed by atoms with van der Waals surface area (Å²) >= 11 is 9.19. The molecule has 0 bridgehead atoms. The maximum absolute atomic E-state index is 15.1. The minimum absolute atomic E-state index is 0.0805.